The van der Waals surface area contributed by atoms with Crippen LogP contribution in [0, 0.1) is 17.8 Å². The fourth-order valence-electron chi connectivity index (χ4n) is 2.75. The average Bonchev–Trinajstić information content (AvgIpc) is 2.47. The van der Waals surface area contributed by atoms with Crippen molar-refractivity contribution in [1.82, 2.24) is 0 Å². The van der Waals surface area contributed by atoms with Crippen LogP contribution >= 0.6 is 0 Å². The smallest absolute Gasteiger partial charge is 0.00755 e. The first-order valence-electron chi connectivity index (χ1n) is 6.79. The van der Waals surface area contributed by atoms with Crippen LogP contribution in [0.5, 0.6) is 0 Å². The van der Waals surface area contributed by atoms with Gasteiger partial charge in [-0.25, -0.2) is 0 Å². The summed E-state index contributed by atoms with van der Waals surface area (Å²) in [5.41, 5.74) is 1.53. The Hall–Kier alpha value is -0.780. The van der Waals surface area contributed by atoms with Crippen molar-refractivity contribution >= 4 is 0 Å². The van der Waals surface area contributed by atoms with Crippen molar-refractivity contribution < 1.29 is 0 Å². The van der Waals surface area contributed by atoms with Gasteiger partial charge in [-0.3, -0.25) is 0 Å². The Morgan fingerprint density at radius 2 is 1.81 bits per heavy atom. The first-order chi connectivity index (χ1) is 7.74. The van der Waals surface area contributed by atoms with Gasteiger partial charge in [0, 0.05) is 0 Å². The summed E-state index contributed by atoms with van der Waals surface area (Å²) < 4.78 is 0. The van der Waals surface area contributed by atoms with Crippen molar-refractivity contribution in [1.29, 1.82) is 0 Å². The number of hydrogen-bond donors (Lipinski definition) is 0. The van der Waals surface area contributed by atoms with Crippen LogP contribution in [-0.2, 0) is 0 Å². The Labute approximate surface area is 100 Å². The van der Waals surface area contributed by atoms with Crippen LogP contribution in [0.25, 0.3) is 0 Å². The summed E-state index contributed by atoms with van der Waals surface area (Å²) in [5.74, 6) is 2.50. The fraction of sp³-hybridized carbons (Fsp3) is 0.625. The maximum absolute atomic E-state index is 2.39. The molecule has 1 unspecified atom stereocenters. The molecule has 0 saturated heterocycles. The lowest BCUT2D eigenvalue weighted by Crippen LogP contribution is -2.12. The molecule has 16 heavy (non-hydrogen) atoms. The number of hydrogen-bond acceptors (Lipinski definition) is 0. The Morgan fingerprint density at radius 3 is 2.56 bits per heavy atom. The third-order valence-electron chi connectivity index (χ3n) is 4.00. The molecule has 0 N–H and O–H groups in total. The molecule has 2 aliphatic carbocycles. The van der Waals surface area contributed by atoms with E-state index in [1.807, 2.05) is 0 Å². The van der Waals surface area contributed by atoms with Crippen molar-refractivity contribution in [2.24, 2.45) is 17.8 Å². The zero-order valence-electron chi connectivity index (χ0n) is 10.7. The van der Waals surface area contributed by atoms with E-state index in [4.69, 9.17) is 0 Å². The molecule has 0 heteroatoms. The Kier molecular flexibility index (Phi) is 4.04. The van der Waals surface area contributed by atoms with Crippen molar-refractivity contribution in [3.8, 4) is 0 Å². The molecular formula is C16H24. The van der Waals surface area contributed by atoms with E-state index in [2.05, 4.69) is 44.2 Å². The highest BCUT2D eigenvalue weighted by atomic mass is 14.2. The highest BCUT2D eigenvalue weighted by molar-refractivity contribution is 5.28. The summed E-state index contributed by atoms with van der Waals surface area (Å²) >= 11 is 0. The minimum Gasteiger partial charge on any atom is -0.0779 e. The summed E-state index contributed by atoms with van der Waals surface area (Å²) in [6.07, 6.45) is 18.5. The maximum Gasteiger partial charge on any atom is -0.00755 e. The topological polar surface area (TPSA) is 0 Å². The molecular weight excluding hydrogens is 192 g/mol. The van der Waals surface area contributed by atoms with Gasteiger partial charge in [0.1, 0.15) is 0 Å². The van der Waals surface area contributed by atoms with Crippen LogP contribution < -0.4 is 0 Å². The predicted molar refractivity (Wildman–Crippen MR) is 71.3 cm³/mol. The van der Waals surface area contributed by atoms with Gasteiger partial charge in [-0.05, 0) is 42.6 Å². The van der Waals surface area contributed by atoms with Crippen LogP contribution in [0.3, 0.4) is 0 Å². The standard InChI is InChI=1S/C16H24/c1-13-4-3-5-15(9-6-13)12-16-10-7-14(2)8-11-16/h3-6,9,13-14,16H,7-8,10-12H2,1-2H3. The van der Waals surface area contributed by atoms with E-state index in [0.29, 0.717) is 5.92 Å². The van der Waals surface area contributed by atoms with Gasteiger partial charge >= 0.3 is 0 Å². The van der Waals surface area contributed by atoms with Crippen molar-refractivity contribution in [2.45, 2.75) is 46.0 Å². The monoisotopic (exact) mass is 216 g/mol. The lowest BCUT2D eigenvalue weighted by molar-refractivity contribution is 0.289. The molecule has 0 spiro atoms. The predicted octanol–water partition coefficient (Wildman–Crippen LogP) is 4.89. The molecule has 1 atom stereocenters. The van der Waals surface area contributed by atoms with Gasteiger partial charge in [0.15, 0.2) is 0 Å². The van der Waals surface area contributed by atoms with Gasteiger partial charge in [-0.2, -0.15) is 0 Å². The summed E-state index contributed by atoms with van der Waals surface area (Å²) in [5, 5.41) is 0. The SMILES string of the molecule is CC1C=CC=C(CC2CCC(C)CC2)C=C1. The summed E-state index contributed by atoms with van der Waals surface area (Å²) in [6, 6.07) is 0. The van der Waals surface area contributed by atoms with Gasteiger partial charge in [-0.15, -0.1) is 0 Å². The highest BCUT2D eigenvalue weighted by Crippen LogP contribution is 2.32. The number of rotatable bonds is 2. The van der Waals surface area contributed by atoms with Gasteiger partial charge < -0.3 is 0 Å². The molecule has 1 fully saturated rings. The van der Waals surface area contributed by atoms with Gasteiger partial charge in [0.05, 0.1) is 0 Å². The van der Waals surface area contributed by atoms with E-state index in [-0.39, 0.29) is 0 Å². The van der Waals surface area contributed by atoms with Gasteiger partial charge in [0.25, 0.3) is 0 Å². The second-order valence-corrected chi connectivity index (χ2v) is 5.67. The third kappa shape index (κ3) is 3.37. The van der Waals surface area contributed by atoms with Gasteiger partial charge in [0.2, 0.25) is 0 Å². The van der Waals surface area contributed by atoms with Crippen molar-refractivity contribution in [2.75, 3.05) is 0 Å². The molecule has 0 aromatic carbocycles. The van der Waals surface area contributed by atoms with E-state index < -0.39 is 0 Å². The molecule has 2 aliphatic rings. The molecule has 0 aromatic heterocycles. The quantitative estimate of drug-likeness (QED) is 0.616. The molecule has 0 nitrogen and oxygen atoms in total. The van der Waals surface area contributed by atoms with Crippen LogP contribution in [0.2, 0.25) is 0 Å². The molecule has 88 valence electrons. The minimum absolute atomic E-state index is 0.597. The molecule has 0 radical (unpaired) electrons. The van der Waals surface area contributed by atoms with E-state index in [1.54, 1.807) is 0 Å². The maximum atomic E-state index is 2.39. The first kappa shape index (κ1) is 11.7. The lowest BCUT2D eigenvalue weighted by atomic mass is 9.80. The average molecular weight is 216 g/mol. The molecule has 1 saturated carbocycles. The Balaban J connectivity index is 1.88. The van der Waals surface area contributed by atoms with E-state index in [9.17, 15) is 0 Å². The Bertz CT molecular complexity index is 298. The van der Waals surface area contributed by atoms with E-state index >= 15 is 0 Å². The second kappa shape index (κ2) is 5.52. The largest absolute Gasteiger partial charge is 0.0779 e. The highest BCUT2D eigenvalue weighted by Gasteiger charge is 2.18. The van der Waals surface area contributed by atoms with Crippen LogP contribution in [-0.4, -0.2) is 0 Å². The zero-order chi connectivity index (χ0) is 11.4. The number of allylic oxidation sites excluding steroid dienone is 6. The normalized spacial score (nSPS) is 34.6. The first-order valence-corrected chi connectivity index (χ1v) is 6.79. The van der Waals surface area contributed by atoms with E-state index in [1.165, 1.54) is 37.7 Å². The summed E-state index contributed by atoms with van der Waals surface area (Å²) in [4.78, 5) is 0. The molecule has 0 amide bonds. The second-order valence-electron chi connectivity index (χ2n) is 5.67. The molecule has 0 heterocycles. The third-order valence-corrected chi connectivity index (χ3v) is 4.00. The van der Waals surface area contributed by atoms with Crippen LogP contribution in [0.15, 0.2) is 36.0 Å². The summed E-state index contributed by atoms with van der Waals surface area (Å²) in [7, 11) is 0. The van der Waals surface area contributed by atoms with Crippen LogP contribution in [0.1, 0.15) is 46.0 Å². The molecule has 0 aliphatic heterocycles. The molecule has 2 rings (SSSR count). The molecule has 0 bridgehead atoms. The van der Waals surface area contributed by atoms with Crippen molar-refractivity contribution in [3.63, 3.8) is 0 Å². The fourth-order valence-corrected chi connectivity index (χ4v) is 2.75. The van der Waals surface area contributed by atoms with Crippen molar-refractivity contribution in [3.05, 3.63) is 36.0 Å². The summed E-state index contributed by atoms with van der Waals surface area (Å²) in [6.45, 7) is 4.64. The molecule has 0 aromatic rings. The Morgan fingerprint density at radius 1 is 1.06 bits per heavy atom. The zero-order valence-corrected chi connectivity index (χ0v) is 10.7. The van der Waals surface area contributed by atoms with E-state index in [0.717, 1.165) is 11.8 Å². The minimum atomic E-state index is 0.597. The van der Waals surface area contributed by atoms with Crippen LogP contribution in [0.4, 0.5) is 0 Å². The lowest BCUT2D eigenvalue weighted by Gasteiger charge is -2.26. The van der Waals surface area contributed by atoms with Gasteiger partial charge in [-0.1, -0.05) is 57.1 Å².